The van der Waals surface area contributed by atoms with Crippen LogP contribution in [0.3, 0.4) is 0 Å². The molecular weight excluding hydrogens is 267 g/mol. The molecule has 0 fully saturated rings. The summed E-state index contributed by atoms with van der Waals surface area (Å²) in [6, 6.07) is 4.02. The van der Waals surface area contributed by atoms with Crippen LogP contribution in [0.15, 0.2) is 24.5 Å². The van der Waals surface area contributed by atoms with Crippen molar-refractivity contribution in [1.82, 2.24) is 4.98 Å². The second kappa shape index (κ2) is 6.27. The molecule has 1 aromatic rings. The summed E-state index contributed by atoms with van der Waals surface area (Å²) < 4.78 is 0. The molecule has 0 saturated carbocycles. The Morgan fingerprint density at radius 2 is 2.40 bits per heavy atom. The van der Waals surface area contributed by atoms with Gasteiger partial charge >= 0.3 is 65.9 Å². The summed E-state index contributed by atoms with van der Waals surface area (Å²) in [7, 11) is 5.70. The molecule has 0 radical (unpaired) electrons. The van der Waals surface area contributed by atoms with E-state index in [2.05, 4.69) is 11.1 Å². The second-order valence-electron chi connectivity index (χ2n) is 1.80. The van der Waals surface area contributed by atoms with Crippen molar-refractivity contribution in [3.63, 3.8) is 0 Å². The van der Waals surface area contributed by atoms with Crippen LogP contribution in [0.1, 0.15) is 5.56 Å². The maximum absolute atomic E-state index is 5.70. The van der Waals surface area contributed by atoms with Crippen molar-refractivity contribution in [2.24, 2.45) is 0 Å². The van der Waals surface area contributed by atoms with Gasteiger partial charge in [0, 0.05) is 0 Å². The second-order valence-corrected chi connectivity index (χ2v) is 5.61. The van der Waals surface area contributed by atoms with Crippen molar-refractivity contribution in [3.05, 3.63) is 30.1 Å². The summed E-state index contributed by atoms with van der Waals surface area (Å²) >= 11 is -0.711. The number of nitrogens with zero attached hydrogens (tertiary/aromatic N) is 1. The van der Waals surface area contributed by atoms with Crippen LogP contribution in [0.25, 0.3) is 0 Å². The molecule has 0 bridgehead atoms. The van der Waals surface area contributed by atoms with E-state index in [1.165, 1.54) is 5.56 Å². The van der Waals surface area contributed by atoms with Gasteiger partial charge in [-0.1, -0.05) is 0 Å². The van der Waals surface area contributed by atoms with Crippen LogP contribution in [0.4, 0.5) is 0 Å². The molecule has 0 aliphatic rings. The quantitative estimate of drug-likeness (QED) is 0.754. The van der Waals surface area contributed by atoms with Crippen molar-refractivity contribution in [3.8, 4) is 0 Å². The number of hydrogen-bond acceptors (Lipinski definition) is 1. The van der Waals surface area contributed by atoms with Crippen LogP contribution in [0, 0.1) is 0 Å². The van der Waals surface area contributed by atoms with E-state index in [1.807, 2.05) is 12.3 Å². The Morgan fingerprint density at radius 3 is 2.90 bits per heavy atom. The van der Waals surface area contributed by atoms with Gasteiger partial charge in [-0.05, 0) is 0 Å². The minimum absolute atomic E-state index is 0. The van der Waals surface area contributed by atoms with Crippen LogP contribution in [0.5, 0.6) is 0 Å². The Labute approximate surface area is 82.6 Å². The van der Waals surface area contributed by atoms with E-state index in [0.29, 0.717) is 0 Å². The number of aromatic nitrogens is 1. The first kappa shape index (κ1) is 10.5. The molecule has 52 valence electrons. The van der Waals surface area contributed by atoms with Gasteiger partial charge in [0.25, 0.3) is 0 Å². The molecule has 4 heteroatoms. The Balaban J connectivity index is 0.000000810. The van der Waals surface area contributed by atoms with E-state index in [4.69, 9.17) is 9.69 Å². The zero-order valence-corrected chi connectivity index (χ0v) is 10.9. The van der Waals surface area contributed by atoms with Gasteiger partial charge < -0.3 is 0 Å². The summed E-state index contributed by atoms with van der Waals surface area (Å²) in [5, 5.41) is 1.10. The summed E-state index contributed by atoms with van der Waals surface area (Å²) in [4.78, 5) is 3.97. The predicted octanol–water partition coefficient (Wildman–Crippen LogP) is 2.40. The van der Waals surface area contributed by atoms with Crippen LogP contribution < -0.4 is 0 Å². The fraction of sp³-hybridized carbons (Fsp3) is 0.167. The Kier molecular flexibility index (Phi) is 6.61. The molecule has 10 heavy (non-hydrogen) atoms. The first-order valence-corrected chi connectivity index (χ1v) is 8.88. The van der Waals surface area contributed by atoms with Crippen LogP contribution in [0.2, 0.25) is 0 Å². The van der Waals surface area contributed by atoms with Crippen molar-refractivity contribution < 1.29 is 16.1 Å². The monoisotopic (exact) mass is 271 g/mol. The van der Waals surface area contributed by atoms with Crippen molar-refractivity contribution in [2.75, 3.05) is 0 Å². The van der Waals surface area contributed by atoms with Crippen molar-refractivity contribution in [1.29, 1.82) is 0 Å². The molecule has 1 nitrogen and oxygen atoms in total. The summed E-state index contributed by atoms with van der Waals surface area (Å²) in [6.07, 6.45) is 3.67. The molecule has 1 aromatic heterocycles. The Bertz CT molecular complexity index is 171. The molecule has 0 aromatic carbocycles. The molecule has 0 unspecified atom stereocenters. The molecule has 1 heterocycles. The standard InChI is InChI=1S/C6H6N.BrH.ClH.Zn/c1-6-3-2-4-7-5-6;;;/h2-5H,1H2;2*1H;/q;;;+1/p-1. The number of halogens is 2. The van der Waals surface area contributed by atoms with Gasteiger partial charge in [-0.3, -0.25) is 0 Å². The molecule has 0 amide bonds. The predicted molar refractivity (Wildman–Crippen MR) is 44.1 cm³/mol. The minimum atomic E-state index is -0.711. The van der Waals surface area contributed by atoms with E-state index >= 15 is 0 Å². The van der Waals surface area contributed by atoms with Gasteiger partial charge in [-0.15, -0.1) is 17.0 Å². The van der Waals surface area contributed by atoms with Crippen LogP contribution in [-0.2, 0) is 21.2 Å². The van der Waals surface area contributed by atoms with Crippen molar-refractivity contribution >= 4 is 26.7 Å². The first-order chi connectivity index (χ1) is 4.43. The topological polar surface area (TPSA) is 12.9 Å². The van der Waals surface area contributed by atoms with Crippen molar-refractivity contribution in [2.45, 2.75) is 5.02 Å². The van der Waals surface area contributed by atoms with Crippen LogP contribution in [-0.4, -0.2) is 4.98 Å². The number of rotatable bonds is 2. The third kappa shape index (κ3) is 3.65. The molecular formula is C6H7BrClNZn. The first-order valence-electron chi connectivity index (χ1n) is 2.88. The van der Waals surface area contributed by atoms with Gasteiger partial charge in [0.1, 0.15) is 0 Å². The third-order valence-corrected chi connectivity index (χ3v) is 3.70. The zero-order valence-electron chi connectivity index (χ0n) is 5.46. The molecule has 0 spiro atoms. The normalized spacial score (nSPS) is 7.70. The summed E-state index contributed by atoms with van der Waals surface area (Å²) in [5.41, 5.74) is 1.28. The summed E-state index contributed by atoms with van der Waals surface area (Å²) in [5.74, 6) is 0. The fourth-order valence-corrected chi connectivity index (χ4v) is 2.87. The third-order valence-electron chi connectivity index (χ3n) is 1.11. The van der Waals surface area contributed by atoms with E-state index in [-0.39, 0.29) is 17.0 Å². The average Bonchev–Trinajstić information content (AvgIpc) is 1.91. The zero-order chi connectivity index (χ0) is 6.53. The van der Waals surface area contributed by atoms with Crippen LogP contribution >= 0.6 is 26.7 Å². The average molecular weight is 274 g/mol. The number of pyridine rings is 1. The van der Waals surface area contributed by atoms with Gasteiger partial charge in [-0.25, -0.2) is 0 Å². The number of hydrogen-bond donors (Lipinski definition) is 0. The molecule has 0 aliphatic heterocycles. The molecule has 0 atom stereocenters. The van der Waals surface area contributed by atoms with Gasteiger partial charge in [0.05, 0.1) is 0 Å². The molecule has 0 aliphatic carbocycles. The Morgan fingerprint density at radius 1 is 1.60 bits per heavy atom. The fourth-order valence-electron chi connectivity index (χ4n) is 0.655. The van der Waals surface area contributed by atoms with E-state index < -0.39 is 16.1 Å². The van der Waals surface area contributed by atoms with Gasteiger partial charge in [0.15, 0.2) is 0 Å². The van der Waals surface area contributed by atoms with E-state index in [0.717, 1.165) is 5.02 Å². The van der Waals surface area contributed by atoms with E-state index in [1.54, 1.807) is 6.20 Å². The SMILES string of the molecule is Br.[Cl][Zn][CH2]c1cccnc1. The van der Waals surface area contributed by atoms with Gasteiger partial charge in [0.2, 0.25) is 0 Å². The molecule has 0 saturated heterocycles. The molecule has 0 N–H and O–H groups in total. The Hall–Kier alpha value is 0.543. The molecule has 1 rings (SSSR count). The maximum atomic E-state index is 5.70. The van der Waals surface area contributed by atoms with Gasteiger partial charge in [-0.2, -0.15) is 0 Å². The summed E-state index contributed by atoms with van der Waals surface area (Å²) in [6.45, 7) is 0. The van der Waals surface area contributed by atoms with E-state index in [9.17, 15) is 0 Å².